The van der Waals surface area contributed by atoms with E-state index >= 15 is 0 Å². The first kappa shape index (κ1) is 15.9. The van der Waals surface area contributed by atoms with Gasteiger partial charge < -0.3 is 10.6 Å². The molecule has 3 atom stereocenters. The Morgan fingerprint density at radius 1 is 1.17 bits per heavy atom. The lowest BCUT2D eigenvalue weighted by atomic mass is 9.95. The maximum Gasteiger partial charge on any atom is 0.251 e. The van der Waals surface area contributed by atoms with Crippen molar-refractivity contribution in [3.8, 4) is 0 Å². The second-order valence-corrected chi connectivity index (χ2v) is 7.84. The standard InChI is InChI=1S/C18H18ClN3OS/c19-17-8-6-14(10-20-17)24-13-4-1-11(2-5-13)18(23)22-16-9-12-3-7-15(16)21-12/h1-2,4-6,8,10,12,15-16,21H,3,7,9H2,(H,22,23). The van der Waals surface area contributed by atoms with Crippen LogP contribution in [0.1, 0.15) is 29.6 Å². The van der Waals surface area contributed by atoms with Crippen molar-refractivity contribution in [3.05, 3.63) is 53.3 Å². The van der Waals surface area contributed by atoms with Crippen molar-refractivity contribution in [2.24, 2.45) is 0 Å². The molecule has 2 bridgehead atoms. The third-order valence-electron chi connectivity index (χ3n) is 4.67. The number of carbonyl (C=O) groups is 1. The van der Waals surface area contributed by atoms with Crippen LogP contribution in [0.25, 0.3) is 0 Å². The van der Waals surface area contributed by atoms with Crippen LogP contribution in [0.4, 0.5) is 0 Å². The molecule has 2 fully saturated rings. The molecule has 6 heteroatoms. The summed E-state index contributed by atoms with van der Waals surface area (Å²) in [5.74, 6) is 0.0130. The van der Waals surface area contributed by atoms with E-state index in [2.05, 4.69) is 15.6 Å². The van der Waals surface area contributed by atoms with Crippen LogP contribution in [0.15, 0.2) is 52.4 Å². The number of pyridine rings is 1. The fourth-order valence-corrected chi connectivity index (χ4v) is 4.37. The van der Waals surface area contributed by atoms with Crippen LogP contribution >= 0.6 is 23.4 Å². The predicted octanol–water partition coefficient (Wildman–Crippen LogP) is 3.51. The van der Waals surface area contributed by atoms with E-state index in [4.69, 9.17) is 11.6 Å². The van der Waals surface area contributed by atoms with Crippen LogP contribution in [-0.4, -0.2) is 29.0 Å². The fourth-order valence-electron chi connectivity index (χ4n) is 3.47. The Hall–Kier alpha value is -1.56. The van der Waals surface area contributed by atoms with Gasteiger partial charge in [-0.15, -0.1) is 0 Å². The molecule has 2 saturated heterocycles. The van der Waals surface area contributed by atoms with Crippen molar-refractivity contribution in [3.63, 3.8) is 0 Å². The number of hydrogen-bond donors (Lipinski definition) is 2. The summed E-state index contributed by atoms with van der Waals surface area (Å²) in [4.78, 5) is 18.6. The quantitative estimate of drug-likeness (QED) is 0.820. The smallest absolute Gasteiger partial charge is 0.251 e. The molecule has 0 spiro atoms. The van der Waals surface area contributed by atoms with E-state index in [0.717, 1.165) is 16.2 Å². The Kier molecular flexibility index (Phi) is 4.48. The molecule has 124 valence electrons. The third-order valence-corrected chi connectivity index (χ3v) is 5.88. The lowest BCUT2D eigenvalue weighted by Crippen LogP contribution is -2.42. The molecule has 24 heavy (non-hydrogen) atoms. The Balaban J connectivity index is 1.38. The van der Waals surface area contributed by atoms with Crippen LogP contribution in [0.3, 0.4) is 0 Å². The summed E-state index contributed by atoms with van der Waals surface area (Å²) in [6.45, 7) is 0. The van der Waals surface area contributed by atoms with Gasteiger partial charge in [0.25, 0.3) is 5.91 Å². The van der Waals surface area contributed by atoms with Gasteiger partial charge in [0.1, 0.15) is 5.15 Å². The highest BCUT2D eigenvalue weighted by Crippen LogP contribution is 2.29. The van der Waals surface area contributed by atoms with Crippen LogP contribution < -0.4 is 10.6 Å². The molecule has 0 aliphatic carbocycles. The van der Waals surface area contributed by atoms with Gasteiger partial charge in [0, 0.05) is 39.7 Å². The minimum Gasteiger partial charge on any atom is -0.348 e. The van der Waals surface area contributed by atoms with E-state index in [1.54, 1.807) is 24.0 Å². The number of hydrogen-bond acceptors (Lipinski definition) is 4. The minimum absolute atomic E-state index is 0.0130. The van der Waals surface area contributed by atoms with Gasteiger partial charge in [-0.1, -0.05) is 23.4 Å². The Labute approximate surface area is 150 Å². The highest BCUT2D eigenvalue weighted by molar-refractivity contribution is 7.99. The van der Waals surface area contributed by atoms with Gasteiger partial charge in [-0.05, 0) is 55.7 Å². The first-order valence-electron chi connectivity index (χ1n) is 8.14. The van der Waals surface area contributed by atoms with Gasteiger partial charge in [0.05, 0.1) is 0 Å². The average molecular weight is 360 g/mol. The van der Waals surface area contributed by atoms with Gasteiger partial charge in [0.15, 0.2) is 0 Å². The highest BCUT2D eigenvalue weighted by Gasteiger charge is 2.39. The minimum atomic E-state index is 0.0130. The average Bonchev–Trinajstić information content (AvgIpc) is 3.20. The van der Waals surface area contributed by atoms with E-state index in [-0.39, 0.29) is 11.9 Å². The molecule has 2 aliphatic rings. The molecular weight excluding hydrogens is 342 g/mol. The molecule has 4 nitrogen and oxygen atoms in total. The fraction of sp³-hybridized carbons (Fsp3) is 0.333. The second-order valence-electron chi connectivity index (χ2n) is 6.31. The lowest BCUT2D eigenvalue weighted by molar-refractivity contribution is 0.0931. The summed E-state index contributed by atoms with van der Waals surface area (Å²) >= 11 is 7.39. The van der Waals surface area contributed by atoms with Crippen molar-refractivity contribution in [2.75, 3.05) is 0 Å². The van der Waals surface area contributed by atoms with Crippen molar-refractivity contribution < 1.29 is 4.79 Å². The maximum absolute atomic E-state index is 12.4. The number of aromatic nitrogens is 1. The maximum atomic E-state index is 12.4. The molecule has 0 saturated carbocycles. The number of nitrogens with one attached hydrogen (secondary N) is 2. The number of carbonyl (C=O) groups excluding carboxylic acids is 1. The summed E-state index contributed by atoms with van der Waals surface area (Å²) < 4.78 is 0. The molecular formula is C18H18ClN3OS. The Morgan fingerprint density at radius 2 is 1.96 bits per heavy atom. The van der Waals surface area contributed by atoms with Crippen LogP contribution in [0.5, 0.6) is 0 Å². The summed E-state index contributed by atoms with van der Waals surface area (Å²) in [6, 6.07) is 12.7. The number of benzene rings is 1. The van der Waals surface area contributed by atoms with Gasteiger partial charge in [0.2, 0.25) is 0 Å². The molecule has 0 radical (unpaired) electrons. The molecule has 3 heterocycles. The van der Waals surface area contributed by atoms with Gasteiger partial charge in [-0.3, -0.25) is 4.79 Å². The molecule has 2 aromatic rings. The van der Waals surface area contributed by atoms with E-state index in [1.807, 2.05) is 30.3 Å². The third kappa shape index (κ3) is 3.43. The monoisotopic (exact) mass is 359 g/mol. The normalized spacial score (nSPS) is 25.0. The lowest BCUT2D eigenvalue weighted by Gasteiger charge is -2.21. The van der Waals surface area contributed by atoms with E-state index in [0.29, 0.717) is 22.8 Å². The van der Waals surface area contributed by atoms with Crippen molar-refractivity contribution in [1.29, 1.82) is 0 Å². The van der Waals surface area contributed by atoms with Crippen LogP contribution in [0.2, 0.25) is 5.15 Å². The molecule has 1 aromatic carbocycles. The SMILES string of the molecule is O=C(NC1CC2CCC1N2)c1ccc(Sc2ccc(Cl)nc2)cc1. The van der Waals surface area contributed by atoms with Gasteiger partial charge in [-0.2, -0.15) is 0 Å². The highest BCUT2D eigenvalue weighted by atomic mass is 35.5. The van der Waals surface area contributed by atoms with E-state index in [9.17, 15) is 4.79 Å². The molecule has 2 aliphatic heterocycles. The van der Waals surface area contributed by atoms with E-state index < -0.39 is 0 Å². The zero-order valence-electron chi connectivity index (χ0n) is 13.0. The van der Waals surface area contributed by atoms with Gasteiger partial charge in [-0.25, -0.2) is 4.98 Å². The number of halogens is 1. The number of amides is 1. The summed E-state index contributed by atoms with van der Waals surface area (Å²) in [5.41, 5.74) is 0.705. The second kappa shape index (κ2) is 6.75. The zero-order valence-corrected chi connectivity index (χ0v) is 14.6. The first-order valence-corrected chi connectivity index (χ1v) is 9.33. The van der Waals surface area contributed by atoms with Crippen molar-refractivity contribution >= 4 is 29.3 Å². The van der Waals surface area contributed by atoms with Crippen LogP contribution in [-0.2, 0) is 0 Å². The number of fused-ring (bicyclic) bond motifs is 2. The Morgan fingerprint density at radius 3 is 2.58 bits per heavy atom. The largest absolute Gasteiger partial charge is 0.348 e. The molecule has 4 rings (SSSR count). The molecule has 2 N–H and O–H groups in total. The molecule has 1 amide bonds. The summed E-state index contributed by atoms with van der Waals surface area (Å²) in [7, 11) is 0. The topological polar surface area (TPSA) is 54.0 Å². The van der Waals surface area contributed by atoms with Crippen molar-refractivity contribution in [1.82, 2.24) is 15.6 Å². The number of rotatable bonds is 4. The summed E-state index contributed by atoms with van der Waals surface area (Å²) in [6.07, 6.45) is 5.20. The predicted molar refractivity (Wildman–Crippen MR) is 95.6 cm³/mol. The first-order chi connectivity index (χ1) is 11.7. The Bertz CT molecular complexity index is 735. The van der Waals surface area contributed by atoms with Gasteiger partial charge >= 0.3 is 0 Å². The van der Waals surface area contributed by atoms with Crippen LogP contribution in [0, 0.1) is 0 Å². The number of nitrogens with zero attached hydrogens (tertiary/aromatic N) is 1. The summed E-state index contributed by atoms with van der Waals surface area (Å²) in [5, 5.41) is 7.20. The zero-order chi connectivity index (χ0) is 16.5. The molecule has 3 unspecified atom stereocenters. The van der Waals surface area contributed by atoms with Crippen molar-refractivity contribution in [2.45, 2.75) is 47.2 Å². The molecule has 1 aromatic heterocycles. The van der Waals surface area contributed by atoms with E-state index in [1.165, 1.54) is 12.8 Å².